The molecule has 0 aromatic carbocycles. The van der Waals surface area contributed by atoms with Gasteiger partial charge in [-0.1, -0.05) is 0 Å². The van der Waals surface area contributed by atoms with Crippen molar-refractivity contribution in [3.63, 3.8) is 0 Å². The number of hydrogen-bond donors (Lipinski definition) is 3. The van der Waals surface area contributed by atoms with Gasteiger partial charge >= 0.3 is 15.2 Å². The highest BCUT2D eigenvalue weighted by atomic mass is 31.2. The summed E-state index contributed by atoms with van der Waals surface area (Å²) in [6, 6.07) is 0. The second-order valence-electron chi connectivity index (χ2n) is 3.07. The zero-order chi connectivity index (χ0) is 11.5. The molecule has 0 aromatic rings. The van der Waals surface area contributed by atoms with E-state index < -0.39 is 21.1 Å². The van der Waals surface area contributed by atoms with E-state index in [1.165, 1.54) is 5.06 Å². The molecule has 1 fully saturated rings. The third kappa shape index (κ3) is 5.75. The predicted octanol–water partition coefficient (Wildman–Crippen LogP) is -0.429. The minimum atomic E-state index is -4.55. The van der Waals surface area contributed by atoms with Gasteiger partial charge in [0.1, 0.15) is 0 Å². The molecule has 8 nitrogen and oxygen atoms in total. The maximum absolute atomic E-state index is 11.3. The van der Waals surface area contributed by atoms with Crippen LogP contribution in [0.2, 0.25) is 0 Å². The van der Waals surface area contributed by atoms with Gasteiger partial charge in [0.25, 0.3) is 0 Å². The van der Waals surface area contributed by atoms with Gasteiger partial charge < -0.3 is 19.4 Å². The van der Waals surface area contributed by atoms with Gasteiger partial charge in [-0.25, -0.2) is 4.62 Å². The average molecular weight is 261 g/mol. The van der Waals surface area contributed by atoms with Gasteiger partial charge in [-0.3, -0.25) is 9.13 Å². The molecular weight excluding hydrogens is 248 g/mol. The largest absolute Gasteiger partial charge is 0.379 e. The molecule has 1 rings (SSSR count). The lowest BCUT2D eigenvalue weighted by Crippen LogP contribution is -2.35. The molecule has 1 saturated heterocycles. The first-order chi connectivity index (χ1) is 6.79. The third-order valence-corrected chi connectivity index (χ3v) is 4.97. The maximum Gasteiger partial charge on any atom is 0.356 e. The van der Waals surface area contributed by atoms with Gasteiger partial charge in [-0.2, -0.15) is 5.06 Å². The number of hydroxylamine groups is 2. The first kappa shape index (κ1) is 13.3. The first-order valence-electron chi connectivity index (χ1n) is 4.17. The maximum atomic E-state index is 11.3. The van der Waals surface area contributed by atoms with E-state index in [9.17, 15) is 9.13 Å². The summed E-state index contributed by atoms with van der Waals surface area (Å²) in [5, 5.41) is 1.18. The van der Waals surface area contributed by atoms with E-state index in [1.807, 2.05) is 0 Å². The van der Waals surface area contributed by atoms with E-state index in [2.05, 4.69) is 4.62 Å². The van der Waals surface area contributed by atoms with Crippen molar-refractivity contribution in [3.05, 3.63) is 0 Å². The van der Waals surface area contributed by atoms with Crippen LogP contribution in [0.5, 0.6) is 0 Å². The molecule has 1 aliphatic heterocycles. The fourth-order valence-electron chi connectivity index (χ4n) is 1.07. The Kier molecular flexibility index (Phi) is 4.46. The van der Waals surface area contributed by atoms with Gasteiger partial charge in [0.15, 0.2) is 5.90 Å². The van der Waals surface area contributed by atoms with Crippen molar-refractivity contribution >= 4 is 15.2 Å². The SMILES string of the molecule is O=P(O)(O)CP(=O)(O)ON1CCOCC1. The molecule has 0 amide bonds. The average Bonchev–Trinajstić information content (AvgIpc) is 1.99. The lowest BCUT2D eigenvalue weighted by molar-refractivity contribution is -0.123. The summed E-state index contributed by atoms with van der Waals surface area (Å²) in [4.78, 5) is 26.2. The summed E-state index contributed by atoms with van der Waals surface area (Å²) in [6.07, 6.45) is 0. The summed E-state index contributed by atoms with van der Waals surface area (Å²) in [7, 11) is -8.83. The molecule has 90 valence electrons. The summed E-state index contributed by atoms with van der Waals surface area (Å²) in [6.45, 7) is 1.31. The normalized spacial score (nSPS) is 23.7. The van der Waals surface area contributed by atoms with Crippen molar-refractivity contribution in [2.24, 2.45) is 0 Å². The molecule has 1 heterocycles. The van der Waals surface area contributed by atoms with E-state index in [4.69, 9.17) is 19.4 Å². The molecule has 0 aliphatic carbocycles. The van der Waals surface area contributed by atoms with Crippen molar-refractivity contribution in [1.82, 2.24) is 5.06 Å². The predicted molar refractivity (Wildman–Crippen MR) is 50.2 cm³/mol. The summed E-state index contributed by atoms with van der Waals surface area (Å²) >= 11 is 0. The number of hydrogen-bond acceptors (Lipinski definition) is 5. The summed E-state index contributed by atoms with van der Waals surface area (Å²) in [5.74, 6) is -1.17. The van der Waals surface area contributed by atoms with Crippen molar-refractivity contribution in [2.45, 2.75) is 0 Å². The molecule has 10 heteroatoms. The molecule has 1 atom stereocenters. The summed E-state index contributed by atoms with van der Waals surface area (Å²) in [5.41, 5.74) is 0. The van der Waals surface area contributed by atoms with Crippen LogP contribution in [-0.2, 0) is 18.5 Å². The third-order valence-electron chi connectivity index (χ3n) is 1.58. The highest BCUT2D eigenvalue weighted by molar-refractivity contribution is 7.69. The van der Waals surface area contributed by atoms with Gasteiger partial charge in [0, 0.05) is 13.1 Å². The fraction of sp³-hybridized carbons (Fsp3) is 1.00. The van der Waals surface area contributed by atoms with Crippen molar-refractivity contribution < 1.29 is 33.2 Å². The lowest BCUT2D eigenvalue weighted by atomic mass is 10.5. The Bertz CT molecular complexity index is 296. The van der Waals surface area contributed by atoms with E-state index in [0.29, 0.717) is 26.3 Å². The van der Waals surface area contributed by atoms with Gasteiger partial charge in [0.2, 0.25) is 0 Å². The number of nitrogens with zero attached hydrogens (tertiary/aromatic N) is 1. The van der Waals surface area contributed by atoms with E-state index >= 15 is 0 Å². The smallest absolute Gasteiger partial charge is 0.356 e. The minimum absolute atomic E-state index is 0.297. The van der Waals surface area contributed by atoms with Crippen LogP contribution in [0.15, 0.2) is 0 Å². The standard InChI is InChI=1S/C5H13NO7P2/c7-14(8,9)5-15(10,11)13-6-1-3-12-4-2-6/h1-5H2,(H,10,11)(H2,7,8,9). The molecule has 0 bridgehead atoms. The second kappa shape index (κ2) is 5.03. The highest BCUT2D eigenvalue weighted by Crippen LogP contribution is 2.55. The van der Waals surface area contributed by atoms with Crippen LogP contribution < -0.4 is 0 Å². The van der Waals surface area contributed by atoms with Crippen LogP contribution in [0.3, 0.4) is 0 Å². The Labute approximate surface area is 86.4 Å². The van der Waals surface area contributed by atoms with Crippen LogP contribution in [0.25, 0.3) is 0 Å². The zero-order valence-electron chi connectivity index (χ0n) is 7.85. The van der Waals surface area contributed by atoms with Gasteiger partial charge in [0.05, 0.1) is 13.2 Å². The first-order valence-corrected chi connectivity index (χ1v) is 7.73. The van der Waals surface area contributed by atoms with Crippen LogP contribution in [0.1, 0.15) is 0 Å². The van der Waals surface area contributed by atoms with Crippen molar-refractivity contribution in [2.75, 3.05) is 32.2 Å². The zero-order valence-corrected chi connectivity index (χ0v) is 9.64. The monoisotopic (exact) mass is 261 g/mol. The molecule has 1 unspecified atom stereocenters. The molecule has 0 aromatic heterocycles. The lowest BCUT2D eigenvalue weighted by Gasteiger charge is -2.27. The Morgan fingerprint density at radius 3 is 2.20 bits per heavy atom. The molecule has 1 aliphatic rings. The topological polar surface area (TPSA) is 117 Å². The fourth-order valence-corrected chi connectivity index (χ4v) is 3.66. The molecule has 0 spiro atoms. The van der Waals surface area contributed by atoms with Crippen molar-refractivity contribution in [1.29, 1.82) is 0 Å². The Morgan fingerprint density at radius 2 is 1.73 bits per heavy atom. The molecule has 0 saturated carbocycles. The Balaban J connectivity index is 2.47. The quantitative estimate of drug-likeness (QED) is 0.584. The van der Waals surface area contributed by atoms with Crippen molar-refractivity contribution in [3.8, 4) is 0 Å². The molecule has 0 radical (unpaired) electrons. The molecule has 3 N–H and O–H groups in total. The van der Waals surface area contributed by atoms with Crippen LogP contribution in [-0.4, -0.2) is 51.9 Å². The van der Waals surface area contributed by atoms with Gasteiger partial charge in [-0.05, 0) is 0 Å². The van der Waals surface area contributed by atoms with Crippen LogP contribution >= 0.6 is 15.2 Å². The number of ether oxygens (including phenoxy) is 1. The molecular formula is C5H13NO7P2. The van der Waals surface area contributed by atoms with E-state index in [0.717, 1.165) is 0 Å². The second-order valence-corrected chi connectivity index (χ2v) is 6.97. The Morgan fingerprint density at radius 1 is 1.20 bits per heavy atom. The highest BCUT2D eigenvalue weighted by Gasteiger charge is 2.33. The van der Waals surface area contributed by atoms with E-state index in [-0.39, 0.29) is 0 Å². The van der Waals surface area contributed by atoms with Crippen LogP contribution in [0, 0.1) is 0 Å². The van der Waals surface area contributed by atoms with E-state index in [1.54, 1.807) is 0 Å². The molecule has 15 heavy (non-hydrogen) atoms. The summed E-state index contributed by atoms with van der Waals surface area (Å²) < 4.78 is 31.4. The van der Waals surface area contributed by atoms with Gasteiger partial charge in [-0.15, -0.1) is 0 Å². The number of morpholine rings is 1. The van der Waals surface area contributed by atoms with Crippen LogP contribution in [0.4, 0.5) is 0 Å². The number of rotatable bonds is 4. The minimum Gasteiger partial charge on any atom is -0.379 e. The Hall–Kier alpha value is 0.220.